The fourth-order valence-electron chi connectivity index (χ4n) is 0.977. The molecule has 0 radical (unpaired) electrons. The molecule has 0 atom stereocenters. The summed E-state index contributed by atoms with van der Waals surface area (Å²) >= 11 is 3.34. The van der Waals surface area contributed by atoms with Gasteiger partial charge in [0.25, 0.3) is 0 Å². The monoisotopic (exact) mass is 242 g/mol. The fourth-order valence-corrected chi connectivity index (χ4v) is 1.17. The van der Waals surface area contributed by atoms with Crippen molar-refractivity contribution in [2.24, 2.45) is 5.92 Å². The molecule has 3 nitrogen and oxygen atoms in total. The van der Waals surface area contributed by atoms with Crippen LogP contribution in [0.3, 0.4) is 0 Å². The van der Waals surface area contributed by atoms with E-state index in [1.807, 2.05) is 6.92 Å². The van der Waals surface area contributed by atoms with Gasteiger partial charge in [-0.2, -0.15) is 4.98 Å². The van der Waals surface area contributed by atoms with E-state index >= 15 is 0 Å². The Morgan fingerprint density at radius 2 is 2.38 bits per heavy atom. The van der Waals surface area contributed by atoms with Crippen molar-refractivity contribution < 1.29 is 4.74 Å². The summed E-state index contributed by atoms with van der Waals surface area (Å²) in [5.41, 5.74) is 0.917. The van der Waals surface area contributed by atoms with Gasteiger partial charge in [0, 0.05) is 6.20 Å². The molecule has 70 valence electrons. The van der Waals surface area contributed by atoms with Gasteiger partial charge in [-0.05, 0) is 41.6 Å². The topological polar surface area (TPSA) is 35.0 Å². The standard InChI is InChI=1S/C9H11BrN2O/c1-6-8(10)4-11-9(12-6)13-5-7-2-3-7/h4,7H,2-3,5H2,1H3. The summed E-state index contributed by atoms with van der Waals surface area (Å²) < 4.78 is 6.35. The molecule has 0 spiro atoms. The van der Waals surface area contributed by atoms with Crippen LogP contribution in [0.5, 0.6) is 6.01 Å². The Kier molecular flexibility index (Phi) is 2.49. The quantitative estimate of drug-likeness (QED) is 0.817. The van der Waals surface area contributed by atoms with Crippen LogP contribution in [0.2, 0.25) is 0 Å². The molecule has 0 amide bonds. The van der Waals surface area contributed by atoms with Crippen molar-refractivity contribution in [1.82, 2.24) is 9.97 Å². The van der Waals surface area contributed by atoms with E-state index < -0.39 is 0 Å². The van der Waals surface area contributed by atoms with E-state index in [0.717, 1.165) is 22.7 Å². The first-order valence-electron chi connectivity index (χ1n) is 4.37. The van der Waals surface area contributed by atoms with Gasteiger partial charge in [0.15, 0.2) is 0 Å². The van der Waals surface area contributed by atoms with Crippen LogP contribution in [0.4, 0.5) is 0 Å². The molecule has 0 aromatic carbocycles. The molecule has 0 bridgehead atoms. The molecule has 1 aromatic heterocycles. The highest BCUT2D eigenvalue weighted by Crippen LogP contribution is 2.29. The molecule has 1 aromatic rings. The molecule has 0 aliphatic heterocycles. The number of nitrogens with zero attached hydrogens (tertiary/aromatic N) is 2. The lowest BCUT2D eigenvalue weighted by Gasteiger charge is -2.03. The summed E-state index contributed by atoms with van der Waals surface area (Å²) in [5, 5.41) is 0. The van der Waals surface area contributed by atoms with Crippen LogP contribution in [0.1, 0.15) is 18.5 Å². The number of halogens is 1. The summed E-state index contributed by atoms with van der Waals surface area (Å²) in [6, 6.07) is 0.493. The van der Waals surface area contributed by atoms with E-state index in [2.05, 4.69) is 25.9 Å². The van der Waals surface area contributed by atoms with Crippen molar-refractivity contribution in [2.45, 2.75) is 19.8 Å². The zero-order valence-corrected chi connectivity index (χ0v) is 9.04. The second-order valence-electron chi connectivity index (χ2n) is 3.34. The largest absolute Gasteiger partial charge is 0.463 e. The van der Waals surface area contributed by atoms with Gasteiger partial charge in [0.1, 0.15) is 0 Å². The molecule has 1 fully saturated rings. The van der Waals surface area contributed by atoms with Gasteiger partial charge < -0.3 is 4.74 Å². The normalized spacial score (nSPS) is 15.8. The van der Waals surface area contributed by atoms with Crippen molar-refractivity contribution >= 4 is 15.9 Å². The lowest BCUT2D eigenvalue weighted by Crippen LogP contribution is -2.03. The Morgan fingerprint density at radius 1 is 1.62 bits per heavy atom. The molecular weight excluding hydrogens is 232 g/mol. The molecule has 2 rings (SSSR count). The highest BCUT2D eigenvalue weighted by molar-refractivity contribution is 9.10. The molecule has 0 saturated heterocycles. The van der Waals surface area contributed by atoms with Gasteiger partial charge in [-0.15, -0.1) is 0 Å². The lowest BCUT2D eigenvalue weighted by atomic mass is 10.4. The van der Waals surface area contributed by atoms with Gasteiger partial charge in [-0.3, -0.25) is 0 Å². The molecule has 0 N–H and O–H groups in total. The molecule has 1 aliphatic rings. The minimum atomic E-state index is 0.493. The number of aryl methyl sites for hydroxylation is 1. The fraction of sp³-hybridized carbons (Fsp3) is 0.556. The average molecular weight is 243 g/mol. The van der Waals surface area contributed by atoms with E-state index in [-0.39, 0.29) is 0 Å². The van der Waals surface area contributed by atoms with E-state index in [1.165, 1.54) is 12.8 Å². The number of ether oxygens (including phenoxy) is 1. The smallest absolute Gasteiger partial charge is 0.316 e. The summed E-state index contributed by atoms with van der Waals surface area (Å²) in [6.45, 7) is 2.69. The maximum Gasteiger partial charge on any atom is 0.316 e. The number of hydrogen-bond acceptors (Lipinski definition) is 3. The third-order valence-corrected chi connectivity index (χ3v) is 2.82. The Morgan fingerprint density at radius 3 is 3.00 bits per heavy atom. The summed E-state index contributed by atoms with van der Waals surface area (Å²) in [4.78, 5) is 8.25. The minimum Gasteiger partial charge on any atom is -0.463 e. The maximum atomic E-state index is 5.42. The first kappa shape index (κ1) is 8.94. The van der Waals surface area contributed by atoms with Crippen molar-refractivity contribution in [3.05, 3.63) is 16.4 Å². The van der Waals surface area contributed by atoms with Crippen molar-refractivity contribution in [3.8, 4) is 6.01 Å². The zero-order chi connectivity index (χ0) is 9.26. The second kappa shape index (κ2) is 3.62. The Bertz CT molecular complexity index is 312. The van der Waals surface area contributed by atoms with Crippen LogP contribution in [0, 0.1) is 12.8 Å². The zero-order valence-electron chi connectivity index (χ0n) is 7.46. The molecule has 4 heteroatoms. The summed E-state index contributed by atoms with van der Waals surface area (Å²) in [7, 11) is 0. The highest BCUT2D eigenvalue weighted by atomic mass is 79.9. The van der Waals surface area contributed by atoms with E-state index in [0.29, 0.717) is 6.01 Å². The molecule has 1 saturated carbocycles. The van der Waals surface area contributed by atoms with Crippen molar-refractivity contribution in [1.29, 1.82) is 0 Å². The first-order valence-corrected chi connectivity index (χ1v) is 5.17. The number of rotatable bonds is 3. The van der Waals surface area contributed by atoms with Crippen LogP contribution in [-0.4, -0.2) is 16.6 Å². The maximum absolute atomic E-state index is 5.42. The molecule has 13 heavy (non-hydrogen) atoms. The van der Waals surface area contributed by atoms with Crippen LogP contribution >= 0.6 is 15.9 Å². The van der Waals surface area contributed by atoms with Gasteiger partial charge in [0.2, 0.25) is 0 Å². The van der Waals surface area contributed by atoms with Crippen LogP contribution in [0.15, 0.2) is 10.7 Å². The number of aromatic nitrogens is 2. The molecule has 0 unspecified atom stereocenters. The third-order valence-electron chi connectivity index (χ3n) is 2.04. The SMILES string of the molecule is Cc1nc(OCC2CC2)ncc1Br. The molecule has 1 aliphatic carbocycles. The van der Waals surface area contributed by atoms with Gasteiger partial charge in [-0.25, -0.2) is 4.98 Å². The van der Waals surface area contributed by atoms with Crippen LogP contribution < -0.4 is 4.74 Å². The lowest BCUT2D eigenvalue weighted by molar-refractivity contribution is 0.275. The summed E-state index contributed by atoms with van der Waals surface area (Å²) in [5.74, 6) is 0.743. The van der Waals surface area contributed by atoms with Crippen molar-refractivity contribution in [3.63, 3.8) is 0 Å². The van der Waals surface area contributed by atoms with E-state index in [4.69, 9.17) is 4.74 Å². The molecular formula is C9H11BrN2O. The van der Waals surface area contributed by atoms with Crippen LogP contribution in [0.25, 0.3) is 0 Å². The molecule has 1 heterocycles. The third kappa shape index (κ3) is 2.40. The Balaban J connectivity index is 1.98. The Labute approximate surface area is 85.7 Å². The average Bonchev–Trinajstić information content (AvgIpc) is 2.91. The second-order valence-corrected chi connectivity index (χ2v) is 4.19. The predicted octanol–water partition coefficient (Wildman–Crippen LogP) is 2.34. The van der Waals surface area contributed by atoms with Gasteiger partial charge in [0.05, 0.1) is 16.8 Å². The van der Waals surface area contributed by atoms with Gasteiger partial charge in [-0.1, -0.05) is 0 Å². The van der Waals surface area contributed by atoms with Crippen LogP contribution in [-0.2, 0) is 0 Å². The predicted molar refractivity (Wildman–Crippen MR) is 52.7 cm³/mol. The highest BCUT2D eigenvalue weighted by Gasteiger charge is 2.22. The van der Waals surface area contributed by atoms with E-state index in [9.17, 15) is 0 Å². The number of hydrogen-bond donors (Lipinski definition) is 0. The Hall–Kier alpha value is -0.640. The minimum absolute atomic E-state index is 0.493. The van der Waals surface area contributed by atoms with Crippen molar-refractivity contribution in [2.75, 3.05) is 6.61 Å². The van der Waals surface area contributed by atoms with E-state index in [1.54, 1.807) is 6.20 Å². The van der Waals surface area contributed by atoms with Gasteiger partial charge >= 0.3 is 6.01 Å². The summed E-state index contributed by atoms with van der Waals surface area (Å²) in [6.07, 6.45) is 4.30. The first-order chi connectivity index (χ1) is 6.25.